The third-order valence-corrected chi connectivity index (χ3v) is 2.85. The second kappa shape index (κ2) is 5.08. The average molecular weight is 270 g/mol. The first-order valence-electron chi connectivity index (χ1n) is 5.97. The molecule has 0 saturated carbocycles. The number of nitrogens with zero attached hydrogens (tertiary/aromatic N) is 3. The lowest BCUT2D eigenvalue weighted by Crippen LogP contribution is -2.03. The molecular formula is C14H11FN4O. The Morgan fingerprint density at radius 3 is 2.85 bits per heavy atom. The lowest BCUT2D eigenvalue weighted by molar-refractivity contribution is 0.281. The molecule has 6 heteroatoms. The van der Waals surface area contributed by atoms with Crippen molar-refractivity contribution in [2.24, 2.45) is 0 Å². The highest BCUT2D eigenvalue weighted by Gasteiger charge is 2.06. The Kier molecular flexibility index (Phi) is 3.12. The summed E-state index contributed by atoms with van der Waals surface area (Å²) in [6.07, 6.45) is 2.70. The molecule has 0 fully saturated rings. The molecule has 100 valence electrons. The van der Waals surface area contributed by atoms with Crippen molar-refractivity contribution < 1.29 is 9.13 Å². The first-order chi connectivity index (χ1) is 9.74. The van der Waals surface area contributed by atoms with Gasteiger partial charge in [0, 0.05) is 17.1 Å². The summed E-state index contributed by atoms with van der Waals surface area (Å²) in [4.78, 5) is 11.7. The largest absolute Gasteiger partial charge is 0.459 e. The maximum atomic E-state index is 13.0. The van der Waals surface area contributed by atoms with E-state index in [1.807, 2.05) is 30.3 Å². The van der Waals surface area contributed by atoms with Gasteiger partial charge in [-0.15, -0.1) is 0 Å². The number of nitrogens with two attached hydrogens (primary N) is 1. The SMILES string of the molecule is Nc1nc(OCc2ccnc3ccccc23)ncc1F. The van der Waals surface area contributed by atoms with Gasteiger partial charge < -0.3 is 10.5 Å². The number of benzene rings is 1. The van der Waals surface area contributed by atoms with Crippen molar-refractivity contribution in [2.45, 2.75) is 6.61 Å². The van der Waals surface area contributed by atoms with Gasteiger partial charge in [-0.1, -0.05) is 18.2 Å². The van der Waals surface area contributed by atoms with E-state index in [-0.39, 0.29) is 18.4 Å². The highest BCUT2D eigenvalue weighted by Crippen LogP contribution is 2.18. The molecule has 3 rings (SSSR count). The molecule has 0 saturated heterocycles. The van der Waals surface area contributed by atoms with Crippen molar-refractivity contribution in [3.05, 3.63) is 54.1 Å². The lowest BCUT2D eigenvalue weighted by atomic mass is 10.1. The smallest absolute Gasteiger partial charge is 0.318 e. The van der Waals surface area contributed by atoms with Gasteiger partial charge in [0.2, 0.25) is 0 Å². The van der Waals surface area contributed by atoms with Gasteiger partial charge in [-0.2, -0.15) is 4.98 Å². The molecule has 0 spiro atoms. The predicted molar refractivity (Wildman–Crippen MR) is 72.5 cm³/mol. The fourth-order valence-electron chi connectivity index (χ4n) is 1.86. The second-order valence-corrected chi connectivity index (χ2v) is 4.16. The van der Waals surface area contributed by atoms with E-state index in [1.54, 1.807) is 6.20 Å². The molecule has 3 aromatic rings. The van der Waals surface area contributed by atoms with E-state index in [0.29, 0.717) is 0 Å². The van der Waals surface area contributed by atoms with Gasteiger partial charge in [0.05, 0.1) is 11.7 Å². The van der Waals surface area contributed by atoms with Crippen molar-refractivity contribution in [3.8, 4) is 6.01 Å². The minimum Gasteiger partial charge on any atom is -0.459 e. The molecule has 20 heavy (non-hydrogen) atoms. The first-order valence-corrected chi connectivity index (χ1v) is 5.97. The summed E-state index contributed by atoms with van der Waals surface area (Å²) in [6, 6.07) is 9.63. The number of pyridine rings is 1. The molecule has 0 unspecified atom stereocenters. The highest BCUT2D eigenvalue weighted by atomic mass is 19.1. The fourth-order valence-corrected chi connectivity index (χ4v) is 1.86. The average Bonchev–Trinajstić information content (AvgIpc) is 2.48. The summed E-state index contributed by atoms with van der Waals surface area (Å²) in [5.41, 5.74) is 7.19. The summed E-state index contributed by atoms with van der Waals surface area (Å²) in [5, 5.41) is 0.991. The molecule has 0 aliphatic carbocycles. The van der Waals surface area contributed by atoms with E-state index in [9.17, 15) is 4.39 Å². The lowest BCUT2D eigenvalue weighted by Gasteiger charge is -2.07. The standard InChI is InChI=1S/C14H11FN4O/c15-11-7-18-14(19-13(11)16)20-8-9-5-6-17-12-4-2-1-3-10(9)12/h1-7H,8H2,(H2,16,18,19). The van der Waals surface area contributed by atoms with Crippen LogP contribution in [0.1, 0.15) is 5.56 Å². The molecule has 2 aromatic heterocycles. The molecule has 0 atom stereocenters. The number of rotatable bonds is 3. The van der Waals surface area contributed by atoms with Crippen LogP contribution in [0.4, 0.5) is 10.2 Å². The second-order valence-electron chi connectivity index (χ2n) is 4.16. The number of hydrogen-bond donors (Lipinski definition) is 1. The van der Waals surface area contributed by atoms with Crippen LogP contribution in [-0.2, 0) is 6.61 Å². The van der Waals surface area contributed by atoms with E-state index in [0.717, 1.165) is 22.7 Å². The maximum Gasteiger partial charge on any atom is 0.318 e. The van der Waals surface area contributed by atoms with Gasteiger partial charge in [-0.05, 0) is 12.1 Å². The zero-order valence-electron chi connectivity index (χ0n) is 10.5. The molecule has 2 heterocycles. The number of para-hydroxylation sites is 1. The Hall–Kier alpha value is -2.76. The fraction of sp³-hybridized carbons (Fsp3) is 0.0714. The quantitative estimate of drug-likeness (QED) is 0.790. The summed E-state index contributed by atoms with van der Waals surface area (Å²) in [6.45, 7) is 0.258. The molecule has 5 nitrogen and oxygen atoms in total. The van der Waals surface area contributed by atoms with Crippen LogP contribution in [-0.4, -0.2) is 15.0 Å². The number of aromatic nitrogens is 3. The van der Waals surface area contributed by atoms with E-state index in [4.69, 9.17) is 10.5 Å². The monoisotopic (exact) mass is 270 g/mol. The number of ether oxygens (including phenoxy) is 1. The highest BCUT2D eigenvalue weighted by molar-refractivity contribution is 5.81. The molecule has 2 N–H and O–H groups in total. The van der Waals surface area contributed by atoms with E-state index >= 15 is 0 Å². The van der Waals surface area contributed by atoms with Gasteiger partial charge in [0.15, 0.2) is 11.6 Å². The number of fused-ring (bicyclic) bond motifs is 1. The molecule has 0 amide bonds. The molecular weight excluding hydrogens is 259 g/mol. The Morgan fingerprint density at radius 2 is 2.00 bits per heavy atom. The van der Waals surface area contributed by atoms with E-state index in [2.05, 4.69) is 15.0 Å². The maximum absolute atomic E-state index is 13.0. The Bertz CT molecular complexity index is 758. The molecule has 1 aromatic carbocycles. The van der Waals surface area contributed by atoms with Crippen molar-refractivity contribution in [3.63, 3.8) is 0 Å². The molecule has 0 bridgehead atoms. The summed E-state index contributed by atoms with van der Waals surface area (Å²) >= 11 is 0. The van der Waals surface area contributed by atoms with E-state index < -0.39 is 5.82 Å². The number of halogens is 1. The first kappa shape index (κ1) is 12.3. The van der Waals surface area contributed by atoms with Crippen LogP contribution in [0, 0.1) is 5.82 Å². The summed E-state index contributed by atoms with van der Waals surface area (Å²) < 4.78 is 18.4. The zero-order chi connectivity index (χ0) is 13.9. The van der Waals surface area contributed by atoms with Crippen LogP contribution >= 0.6 is 0 Å². The van der Waals surface area contributed by atoms with Crippen molar-refractivity contribution in [1.29, 1.82) is 0 Å². The van der Waals surface area contributed by atoms with Crippen molar-refractivity contribution in [2.75, 3.05) is 5.73 Å². The number of anilines is 1. The zero-order valence-corrected chi connectivity index (χ0v) is 10.5. The topological polar surface area (TPSA) is 73.9 Å². The van der Waals surface area contributed by atoms with E-state index in [1.165, 1.54) is 0 Å². The van der Waals surface area contributed by atoms with Crippen molar-refractivity contribution in [1.82, 2.24) is 15.0 Å². The minimum atomic E-state index is -0.660. The number of nitrogen functional groups attached to an aromatic ring is 1. The molecule has 0 aliphatic rings. The Morgan fingerprint density at radius 1 is 1.15 bits per heavy atom. The van der Waals surface area contributed by atoms with Gasteiger partial charge in [0.25, 0.3) is 0 Å². The summed E-state index contributed by atoms with van der Waals surface area (Å²) in [5.74, 6) is -0.888. The van der Waals surface area contributed by atoms with Crippen molar-refractivity contribution >= 4 is 16.7 Å². The predicted octanol–water partition coefficient (Wildman–Crippen LogP) is 2.33. The van der Waals surface area contributed by atoms with Crippen LogP contribution in [0.25, 0.3) is 10.9 Å². The van der Waals surface area contributed by atoms with Gasteiger partial charge in [-0.3, -0.25) is 4.98 Å². The number of hydrogen-bond acceptors (Lipinski definition) is 5. The minimum absolute atomic E-state index is 0.0461. The third-order valence-electron chi connectivity index (χ3n) is 2.85. The normalized spacial score (nSPS) is 10.7. The summed E-state index contributed by atoms with van der Waals surface area (Å²) in [7, 11) is 0. The van der Waals surface area contributed by atoms with Crippen LogP contribution in [0.5, 0.6) is 6.01 Å². The van der Waals surface area contributed by atoms with Gasteiger partial charge in [-0.25, -0.2) is 9.37 Å². The third kappa shape index (κ3) is 2.35. The van der Waals surface area contributed by atoms with Crippen LogP contribution < -0.4 is 10.5 Å². The Labute approximate surface area is 114 Å². The van der Waals surface area contributed by atoms with Crippen LogP contribution in [0.2, 0.25) is 0 Å². The van der Waals surface area contributed by atoms with Gasteiger partial charge in [0.1, 0.15) is 6.61 Å². The van der Waals surface area contributed by atoms with Crippen LogP contribution in [0.15, 0.2) is 42.7 Å². The van der Waals surface area contributed by atoms with Gasteiger partial charge >= 0.3 is 6.01 Å². The van der Waals surface area contributed by atoms with Crippen LogP contribution in [0.3, 0.4) is 0 Å². The molecule has 0 radical (unpaired) electrons. The molecule has 0 aliphatic heterocycles. The Balaban J connectivity index is 1.85.